The van der Waals surface area contributed by atoms with Crippen molar-refractivity contribution >= 4 is 16.6 Å². The summed E-state index contributed by atoms with van der Waals surface area (Å²) in [5, 5.41) is 9.19. The van der Waals surface area contributed by atoms with E-state index in [0.29, 0.717) is 5.92 Å². The van der Waals surface area contributed by atoms with Gasteiger partial charge in [-0.1, -0.05) is 32.0 Å². The van der Waals surface area contributed by atoms with Crippen LogP contribution in [-0.2, 0) is 13.6 Å². The summed E-state index contributed by atoms with van der Waals surface area (Å²) in [6, 6.07) is 10.2. The first kappa shape index (κ1) is 13.6. The molecule has 0 saturated heterocycles. The van der Waals surface area contributed by atoms with Crippen molar-refractivity contribution < 1.29 is 0 Å². The molecule has 0 amide bonds. The molecule has 0 aliphatic carbocycles. The van der Waals surface area contributed by atoms with Crippen molar-refractivity contribution in [2.75, 3.05) is 5.32 Å². The molecule has 0 saturated carbocycles. The quantitative estimate of drug-likeness (QED) is 0.792. The van der Waals surface area contributed by atoms with Gasteiger partial charge in [-0.15, -0.1) is 0 Å². The third kappa shape index (κ3) is 2.75. The fraction of sp³-hybridized carbons (Fsp3) is 0.294. The van der Waals surface area contributed by atoms with Gasteiger partial charge >= 0.3 is 0 Å². The van der Waals surface area contributed by atoms with Crippen LogP contribution in [0.25, 0.3) is 10.9 Å². The maximum absolute atomic E-state index is 4.55. The summed E-state index contributed by atoms with van der Waals surface area (Å²) in [4.78, 5) is 4.47. The van der Waals surface area contributed by atoms with Crippen molar-refractivity contribution in [2.45, 2.75) is 26.3 Å². The SMILES string of the molecule is CC(C)c1nn(C)cc1CNc1cccc2cccnc12. The Bertz CT molecular complexity index is 753. The number of aryl methyl sites for hydroxylation is 1. The van der Waals surface area contributed by atoms with Gasteiger partial charge in [0.2, 0.25) is 0 Å². The molecule has 3 aromatic rings. The number of rotatable bonds is 4. The van der Waals surface area contributed by atoms with Gasteiger partial charge in [-0.05, 0) is 18.1 Å². The van der Waals surface area contributed by atoms with Gasteiger partial charge in [0.15, 0.2) is 0 Å². The molecule has 4 heteroatoms. The standard InChI is InChI=1S/C17H20N4/c1-12(2)16-14(11-21(3)20-16)10-19-15-8-4-6-13-7-5-9-18-17(13)15/h4-9,11-12,19H,10H2,1-3H3. The molecule has 0 unspecified atom stereocenters. The fourth-order valence-corrected chi connectivity index (χ4v) is 2.61. The van der Waals surface area contributed by atoms with E-state index in [1.165, 1.54) is 5.56 Å². The van der Waals surface area contributed by atoms with Gasteiger partial charge in [-0.3, -0.25) is 9.67 Å². The van der Waals surface area contributed by atoms with Gasteiger partial charge in [0, 0.05) is 36.9 Å². The lowest BCUT2D eigenvalue weighted by Gasteiger charge is -2.10. The maximum atomic E-state index is 4.55. The van der Waals surface area contributed by atoms with E-state index in [2.05, 4.69) is 59.7 Å². The van der Waals surface area contributed by atoms with Crippen LogP contribution in [0.3, 0.4) is 0 Å². The van der Waals surface area contributed by atoms with Crippen LogP contribution < -0.4 is 5.32 Å². The Balaban J connectivity index is 1.87. The van der Waals surface area contributed by atoms with E-state index in [9.17, 15) is 0 Å². The summed E-state index contributed by atoms with van der Waals surface area (Å²) >= 11 is 0. The van der Waals surface area contributed by atoms with Crippen molar-refractivity contribution in [1.29, 1.82) is 0 Å². The van der Waals surface area contributed by atoms with Crippen LogP contribution >= 0.6 is 0 Å². The lowest BCUT2D eigenvalue weighted by atomic mass is 10.1. The fourth-order valence-electron chi connectivity index (χ4n) is 2.61. The Kier molecular flexibility index (Phi) is 3.60. The smallest absolute Gasteiger partial charge is 0.0933 e. The molecule has 0 bridgehead atoms. The first-order valence-corrected chi connectivity index (χ1v) is 7.25. The highest BCUT2D eigenvalue weighted by atomic mass is 15.3. The predicted octanol–water partition coefficient (Wildman–Crippen LogP) is 3.70. The number of hydrogen-bond donors (Lipinski definition) is 1. The van der Waals surface area contributed by atoms with Crippen LogP contribution in [-0.4, -0.2) is 14.8 Å². The van der Waals surface area contributed by atoms with Gasteiger partial charge in [0.05, 0.1) is 16.9 Å². The van der Waals surface area contributed by atoms with Gasteiger partial charge in [-0.25, -0.2) is 0 Å². The number of fused-ring (bicyclic) bond motifs is 1. The number of nitrogens with one attached hydrogen (secondary N) is 1. The van der Waals surface area contributed by atoms with Crippen LogP contribution in [0.2, 0.25) is 0 Å². The molecule has 3 rings (SSSR count). The Hall–Kier alpha value is -2.36. The first-order valence-electron chi connectivity index (χ1n) is 7.25. The predicted molar refractivity (Wildman–Crippen MR) is 86.4 cm³/mol. The second-order valence-corrected chi connectivity index (χ2v) is 5.60. The highest BCUT2D eigenvalue weighted by molar-refractivity contribution is 5.90. The number of anilines is 1. The molecule has 2 aromatic heterocycles. The number of hydrogen-bond acceptors (Lipinski definition) is 3. The minimum atomic E-state index is 0.425. The Labute approximate surface area is 124 Å². The number of aromatic nitrogens is 3. The third-order valence-electron chi connectivity index (χ3n) is 3.59. The molecular formula is C17H20N4. The third-order valence-corrected chi connectivity index (χ3v) is 3.59. The second-order valence-electron chi connectivity index (χ2n) is 5.60. The average molecular weight is 280 g/mol. The maximum Gasteiger partial charge on any atom is 0.0933 e. The van der Waals surface area contributed by atoms with Gasteiger partial charge in [0.25, 0.3) is 0 Å². The highest BCUT2D eigenvalue weighted by Gasteiger charge is 2.11. The monoisotopic (exact) mass is 280 g/mol. The lowest BCUT2D eigenvalue weighted by Crippen LogP contribution is -2.03. The van der Waals surface area contributed by atoms with E-state index in [4.69, 9.17) is 0 Å². The van der Waals surface area contributed by atoms with Crippen molar-refractivity contribution in [3.63, 3.8) is 0 Å². The molecule has 2 heterocycles. The molecule has 4 nitrogen and oxygen atoms in total. The summed E-state index contributed by atoms with van der Waals surface area (Å²) in [7, 11) is 1.97. The number of para-hydroxylation sites is 1. The highest BCUT2D eigenvalue weighted by Crippen LogP contribution is 2.23. The molecule has 0 atom stereocenters. The van der Waals surface area contributed by atoms with Gasteiger partial charge in [-0.2, -0.15) is 5.10 Å². The Morgan fingerprint density at radius 1 is 1.19 bits per heavy atom. The first-order chi connectivity index (χ1) is 10.1. The molecule has 0 spiro atoms. The van der Waals surface area contributed by atoms with Crippen LogP contribution in [0.1, 0.15) is 31.0 Å². The van der Waals surface area contributed by atoms with E-state index >= 15 is 0 Å². The zero-order valence-corrected chi connectivity index (χ0v) is 12.7. The molecule has 0 radical (unpaired) electrons. The Morgan fingerprint density at radius 2 is 2.00 bits per heavy atom. The second kappa shape index (κ2) is 5.56. The average Bonchev–Trinajstić information content (AvgIpc) is 2.86. The zero-order valence-electron chi connectivity index (χ0n) is 12.7. The number of benzene rings is 1. The van der Waals surface area contributed by atoms with Crippen molar-refractivity contribution in [2.24, 2.45) is 7.05 Å². The number of pyridine rings is 1. The summed E-state index contributed by atoms with van der Waals surface area (Å²) in [5.74, 6) is 0.425. The molecule has 21 heavy (non-hydrogen) atoms. The van der Waals surface area contributed by atoms with Crippen LogP contribution in [0, 0.1) is 0 Å². The van der Waals surface area contributed by atoms with E-state index in [1.54, 1.807) is 0 Å². The summed E-state index contributed by atoms with van der Waals surface area (Å²) in [6.07, 6.45) is 3.91. The Morgan fingerprint density at radius 3 is 2.81 bits per heavy atom. The molecule has 108 valence electrons. The van der Waals surface area contributed by atoms with Crippen LogP contribution in [0.4, 0.5) is 5.69 Å². The molecule has 1 aromatic carbocycles. The lowest BCUT2D eigenvalue weighted by molar-refractivity contribution is 0.712. The summed E-state index contributed by atoms with van der Waals surface area (Å²) < 4.78 is 1.88. The van der Waals surface area contributed by atoms with Crippen LogP contribution in [0.15, 0.2) is 42.7 Å². The van der Waals surface area contributed by atoms with E-state index in [1.807, 2.05) is 24.0 Å². The molecule has 0 fully saturated rings. The minimum absolute atomic E-state index is 0.425. The molecule has 1 N–H and O–H groups in total. The van der Waals surface area contributed by atoms with Crippen molar-refractivity contribution in [3.05, 3.63) is 54.0 Å². The summed E-state index contributed by atoms with van der Waals surface area (Å²) in [6.45, 7) is 5.10. The van der Waals surface area contributed by atoms with E-state index < -0.39 is 0 Å². The molecule has 0 aliphatic rings. The normalized spacial score (nSPS) is 11.2. The minimum Gasteiger partial charge on any atom is -0.379 e. The van der Waals surface area contributed by atoms with Crippen molar-refractivity contribution in [1.82, 2.24) is 14.8 Å². The van der Waals surface area contributed by atoms with Crippen molar-refractivity contribution in [3.8, 4) is 0 Å². The van der Waals surface area contributed by atoms with Gasteiger partial charge in [0.1, 0.15) is 0 Å². The number of nitrogens with zero attached hydrogens (tertiary/aromatic N) is 3. The largest absolute Gasteiger partial charge is 0.379 e. The van der Waals surface area contributed by atoms with Crippen LogP contribution in [0.5, 0.6) is 0 Å². The molecular weight excluding hydrogens is 260 g/mol. The van der Waals surface area contributed by atoms with E-state index in [0.717, 1.165) is 28.8 Å². The van der Waals surface area contributed by atoms with Gasteiger partial charge < -0.3 is 5.32 Å². The zero-order chi connectivity index (χ0) is 14.8. The summed E-state index contributed by atoms with van der Waals surface area (Å²) in [5.41, 5.74) is 4.46. The molecule has 0 aliphatic heterocycles. The topological polar surface area (TPSA) is 42.7 Å². The van der Waals surface area contributed by atoms with E-state index in [-0.39, 0.29) is 0 Å².